The molecule has 4 heteroatoms. The average molecular weight is 293 g/mol. The van der Waals surface area contributed by atoms with Crippen molar-refractivity contribution in [2.75, 3.05) is 13.2 Å². The fourth-order valence-electron chi connectivity index (χ4n) is 3.55. The first-order valence-corrected chi connectivity index (χ1v) is 8.50. The lowest BCUT2D eigenvalue weighted by Gasteiger charge is -2.27. The van der Waals surface area contributed by atoms with E-state index in [9.17, 15) is 0 Å². The van der Waals surface area contributed by atoms with Crippen molar-refractivity contribution >= 4 is 0 Å². The Balaban J connectivity index is 1.79. The van der Waals surface area contributed by atoms with Crippen molar-refractivity contribution in [3.05, 3.63) is 17.0 Å². The number of aliphatic hydroxyl groups is 1. The second-order valence-corrected chi connectivity index (χ2v) is 6.52. The van der Waals surface area contributed by atoms with Crippen LogP contribution in [0.5, 0.6) is 0 Å². The SMILES string of the molecule is CCC1CCC(CNCc2c(C)nn(CCO)c2C)CC1. The highest BCUT2D eigenvalue weighted by atomic mass is 16.3. The molecule has 1 aliphatic carbocycles. The summed E-state index contributed by atoms with van der Waals surface area (Å²) in [6.07, 6.45) is 6.94. The van der Waals surface area contributed by atoms with Gasteiger partial charge >= 0.3 is 0 Å². The van der Waals surface area contributed by atoms with E-state index >= 15 is 0 Å². The molecule has 0 aromatic carbocycles. The maximum Gasteiger partial charge on any atom is 0.0644 e. The molecule has 0 spiro atoms. The van der Waals surface area contributed by atoms with Crippen LogP contribution in [-0.2, 0) is 13.1 Å². The highest BCUT2D eigenvalue weighted by molar-refractivity contribution is 5.24. The Kier molecular flexibility index (Phi) is 6.24. The van der Waals surface area contributed by atoms with E-state index in [1.54, 1.807) is 0 Å². The van der Waals surface area contributed by atoms with E-state index < -0.39 is 0 Å². The number of hydrogen-bond acceptors (Lipinski definition) is 3. The van der Waals surface area contributed by atoms with Crippen LogP contribution in [0.2, 0.25) is 0 Å². The zero-order valence-electron chi connectivity index (χ0n) is 13.9. The lowest BCUT2D eigenvalue weighted by atomic mass is 9.81. The van der Waals surface area contributed by atoms with Gasteiger partial charge in [-0.05, 0) is 45.1 Å². The van der Waals surface area contributed by atoms with Gasteiger partial charge in [0.05, 0.1) is 18.8 Å². The largest absolute Gasteiger partial charge is 0.394 e. The predicted molar refractivity (Wildman–Crippen MR) is 86.2 cm³/mol. The zero-order chi connectivity index (χ0) is 15.2. The Hall–Kier alpha value is -0.870. The molecule has 2 rings (SSSR count). The number of rotatable bonds is 7. The lowest BCUT2D eigenvalue weighted by molar-refractivity contribution is 0.262. The number of aromatic nitrogens is 2. The summed E-state index contributed by atoms with van der Waals surface area (Å²) in [5.41, 5.74) is 3.57. The van der Waals surface area contributed by atoms with Gasteiger partial charge in [-0.15, -0.1) is 0 Å². The Morgan fingerprint density at radius 1 is 1.19 bits per heavy atom. The van der Waals surface area contributed by atoms with E-state index in [4.69, 9.17) is 5.11 Å². The molecule has 1 saturated carbocycles. The third kappa shape index (κ3) is 4.30. The average Bonchev–Trinajstić information content (AvgIpc) is 2.76. The second-order valence-electron chi connectivity index (χ2n) is 6.52. The first-order chi connectivity index (χ1) is 10.2. The molecule has 1 aliphatic rings. The normalized spacial score (nSPS) is 22.7. The summed E-state index contributed by atoms with van der Waals surface area (Å²) in [6, 6.07) is 0. The maximum atomic E-state index is 9.06. The van der Waals surface area contributed by atoms with Crippen LogP contribution >= 0.6 is 0 Å². The molecule has 2 N–H and O–H groups in total. The molecule has 4 nitrogen and oxygen atoms in total. The Morgan fingerprint density at radius 3 is 2.48 bits per heavy atom. The van der Waals surface area contributed by atoms with Crippen LogP contribution in [0.15, 0.2) is 0 Å². The number of hydrogen-bond donors (Lipinski definition) is 2. The second kappa shape index (κ2) is 7.95. The van der Waals surface area contributed by atoms with E-state index in [0.717, 1.165) is 30.6 Å². The summed E-state index contributed by atoms with van der Waals surface area (Å²) in [5.74, 6) is 1.82. The van der Waals surface area contributed by atoms with Crippen LogP contribution in [0.3, 0.4) is 0 Å². The standard InChI is InChI=1S/C17H31N3O/c1-4-15-5-7-16(8-6-15)11-18-12-17-13(2)19-20(9-10-21)14(17)3/h15-16,18,21H,4-12H2,1-3H3. The molecule has 1 heterocycles. The highest BCUT2D eigenvalue weighted by Gasteiger charge is 2.20. The molecule has 21 heavy (non-hydrogen) atoms. The summed E-state index contributed by atoms with van der Waals surface area (Å²) in [6.45, 7) is 9.24. The molecule has 1 aromatic rings. The van der Waals surface area contributed by atoms with Crippen molar-refractivity contribution in [1.82, 2.24) is 15.1 Å². The third-order valence-corrected chi connectivity index (χ3v) is 5.12. The van der Waals surface area contributed by atoms with Crippen LogP contribution in [0.25, 0.3) is 0 Å². The minimum Gasteiger partial charge on any atom is -0.394 e. The lowest BCUT2D eigenvalue weighted by Crippen LogP contribution is -2.26. The quantitative estimate of drug-likeness (QED) is 0.813. The minimum atomic E-state index is 0.148. The first kappa shape index (κ1) is 16.5. The predicted octanol–water partition coefficient (Wildman–Crippen LogP) is 2.80. The van der Waals surface area contributed by atoms with Gasteiger partial charge in [0.1, 0.15) is 0 Å². The monoisotopic (exact) mass is 293 g/mol. The topological polar surface area (TPSA) is 50.1 Å². The summed E-state index contributed by atoms with van der Waals surface area (Å²) in [5, 5.41) is 17.2. The minimum absolute atomic E-state index is 0.148. The van der Waals surface area contributed by atoms with Crippen molar-refractivity contribution < 1.29 is 5.11 Å². The van der Waals surface area contributed by atoms with Crippen molar-refractivity contribution in [2.45, 2.75) is 66.0 Å². The molecule has 1 aromatic heterocycles. The van der Waals surface area contributed by atoms with Crippen LogP contribution in [0.1, 0.15) is 56.0 Å². The Bertz CT molecular complexity index is 433. The Morgan fingerprint density at radius 2 is 1.86 bits per heavy atom. The Labute approximate surface area is 128 Å². The van der Waals surface area contributed by atoms with Gasteiger partial charge in [-0.3, -0.25) is 4.68 Å². The van der Waals surface area contributed by atoms with Crippen molar-refractivity contribution in [2.24, 2.45) is 11.8 Å². The highest BCUT2D eigenvalue weighted by Crippen LogP contribution is 2.30. The summed E-state index contributed by atoms with van der Waals surface area (Å²) >= 11 is 0. The van der Waals surface area contributed by atoms with Crippen molar-refractivity contribution in [1.29, 1.82) is 0 Å². The van der Waals surface area contributed by atoms with Crippen molar-refractivity contribution in [3.63, 3.8) is 0 Å². The maximum absolute atomic E-state index is 9.06. The van der Waals surface area contributed by atoms with Gasteiger partial charge in [0.2, 0.25) is 0 Å². The molecule has 0 bridgehead atoms. The molecular weight excluding hydrogens is 262 g/mol. The number of aliphatic hydroxyl groups excluding tert-OH is 1. The first-order valence-electron chi connectivity index (χ1n) is 8.50. The fourth-order valence-corrected chi connectivity index (χ4v) is 3.55. The van der Waals surface area contributed by atoms with E-state index in [2.05, 4.69) is 31.2 Å². The number of nitrogens with one attached hydrogen (secondary N) is 1. The third-order valence-electron chi connectivity index (χ3n) is 5.12. The van der Waals surface area contributed by atoms with Gasteiger partial charge in [0.25, 0.3) is 0 Å². The van der Waals surface area contributed by atoms with Gasteiger partial charge in [0.15, 0.2) is 0 Å². The van der Waals surface area contributed by atoms with Crippen LogP contribution in [-0.4, -0.2) is 28.0 Å². The van der Waals surface area contributed by atoms with Gasteiger partial charge in [-0.25, -0.2) is 0 Å². The van der Waals surface area contributed by atoms with E-state index in [-0.39, 0.29) is 6.61 Å². The van der Waals surface area contributed by atoms with Gasteiger partial charge < -0.3 is 10.4 Å². The van der Waals surface area contributed by atoms with Crippen LogP contribution < -0.4 is 5.32 Å². The van der Waals surface area contributed by atoms with E-state index in [0.29, 0.717) is 6.54 Å². The molecule has 0 saturated heterocycles. The molecule has 0 atom stereocenters. The fraction of sp³-hybridized carbons (Fsp3) is 0.824. The molecule has 120 valence electrons. The van der Waals surface area contributed by atoms with Crippen molar-refractivity contribution in [3.8, 4) is 0 Å². The summed E-state index contributed by atoms with van der Waals surface area (Å²) < 4.78 is 1.92. The van der Waals surface area contributed by atoms with E-state index in [1.165, 1.54) is 43.4 Å². The van der Waals surface area contributed by atoms with Crippen LogP contribution in [0.4, 0.5) is 0 Å². The smallest absolute Gasteiger partial charge is 0.0644 e. The number of nitrogens with zero attached hydrogens (tertiary/aromatic N) is 2. The molecular formula is C17H31N3O. The summed E-state index contributed by atoms with van der Waals surface area (Å²) in [4.78, 5) is 0. The van der Waals surface area contributed by atoms with Gasteiger partial charge in [-0.1, -0.05) is 26.2 Å². The molecule has 0 amide bonds. The van der Waals surface area contributed by atoms with Gasteiger partial charge in [-0.2, -0.15) is 5.10 Å². The number of aryl methyl sites for hydroxylation is 1. The summed E-state index contributed by atoms with van der Waals surface area (Å²) in [7, 11) is 0. The molecule has 0 radical (unpaired) electrons. The van der Waals surface area contributed by atoms with Crippen LogP contribution in [0, 0.1) is 25.7 Å². The van der Waals surface area contributed by atoms with E-state index in [1.807, 2.05) is 4.68 Å². The molecule has 1 fully saturated rings. The molecule has 0 aliphatic heterocycles. The molecule has 0 unspecified atom stereocenters. The van der Waals surface area contributed by atoms with Gasteiger partial charge in [0, 0.05) is 17.8 Å². The zero-order valence-corrected chi connectivity index (χ0v) is 13.9.